The maximum atomic E-state index is 15.7. The molecule has 2 N–H and O–H groups in total. The molecule has 7 nitrogen and oxygen atoms in total. The standard InChI is InChI=1S/C29H22ClF5N2O5S/c1-2-37-21-13-18(15-8-10-17(11-9-15)36-28(41)29(33,34)35)20(32)12-19(21)24(42-27(40)16-6-4-3-5-7-16)23(26(38)39)25(37)43-22(30)14-31/h3-13,22,24H,2,14H2,1H3,(H,36,41)(H,38,39). The normalized spacial score (nSPS) is 15.5. The zero-order valence-corrected chi connectivity index (χ0v) is 23.7. The summed E-state index contributed by atoms with van der Waals surface area (Å²) in [5, 5.41) is 11.9. The Morgan fingerprint density at radius 2 is 1.74 bits per heavy atom. The van der Waals surface area contributed by atoms with Gasteiger partial charge < -0.3 is 20.1 Å². The van der Waals surface area contributed by atoms with Gasteiger partial charge in [-0.3, -0.25) is 4.79 Å². The first kappa shape index (κ1) is 31.8. The van der Waals surface area contributed by atoms with Crippen molar-refractivity contribution >= 4 is 52.6 Å². The summed E-state index contributed by atoms with van der Waals surface area (Å²) in [6, 6.07) is 15.0. The SMILES string of the molecule is CCN1C(SC(Cl)CF)=C(C(=O)O)C(OC(=O)c2ccccc2)c2cc(F)c(-c3ccc(NC(=O)C(F)(F)F)cc3)cc21. The summed E-state index contributed by atoms with van der Waals surface area (Å²) in [7, 11) is 0. The molecular weight excluding hydrogens is 619 g/mol. The fourth-order valence-corrected chi connectivity index (χ4v) is 5.60. The summed E-state index contributed by atoms with van der Waals surface area (Å²) < 4.78 is 71.4. The van der Waals surface area contributed by atoms with E-state index in [1.165, 1.54) is 35.2 Å². The van der Waals surface area contributed by atoms with E-state index in [-0.39, 0.29) is 45.2 Å². The van der Waals surface area contributed by atoms with Crippen molar-refractivity contribution in [2.75, 3.05) is 23.4 Å². The van der Waals surface area contributed by atoms with Crippen LogP contribution in [-0.2, 0) is 14.3 Å². The number of fused-ring (bicyclic) bond motifs is 1. The smallest absolute Gasteiger partial charge is 0.471 e. The van der Waals surface area contributed by atoms with Crippen molar-refractivity contribution in [2.45, 2.75) is 23.9 Å². The minimum Gasteiger partial charge on any atom is -0.478 e. The van der Waals surface area contributed by atoms with E-state index in [9.17, 15) is 37.1 Å². The molecule has 4 rings (SSSR count). The number of thioether (sulfide) groups is 1. The third kappa shape index (κ3) is 6.94. The van der Waals surface area contributed by atoms with Crippen molar-refractivity contribution in [2.24, 2.45) is 0 Å². The van der Waals surface area contributed by atoms with Gasteiger partial charge >= 0.3 is 24.0 Å². The molecule has 0 saturated carbocycles. The van der Waals surface area contributed by atoms with Gasteiger partial charge in [-0.25, -0.2) is 18.4 Å². The highest BCUT2D eigenvalue weighted by Crippen LogP contribution is 2.49. The van der Waals surface area contributed by atoms with Crippen LogP contribution in [-0.4, -0.2) is 47.1 Å². The Morgan fingerprint density at radius 1 is 1.09 bits per heavy atom. The monoisotopic (exact) mass is 640 g/mol. The molecule has 1 heterocycles. The minimum absolute atomic E-state index is 0.00503. The molecule has 0 saturated heterocycles. The molecule has 2 unspecified atom stereocenters. The van der Waals surface area contributed by atoms with Crippen LogP contribution >= 0.6 is 23.4 Å². The summed E-state index contributed by atoms with van der Waals surface area (Å²) in [4.78, 5) is 38.3. The molecule has 3 aromatic carbocycles. The molecule has 0 aromatic heterocycles. The first-order valence-electron chi connectivity index (χ1n) is 12.5. The number of ether oxygens (including phenoxy) is 1. The predicted molar refractivity (Wildman–Crippen MR) is 152 cm³/mol. The minimum atomic E-state index is -5.10. The first-order valence-corrected chi connectivity index (χ1v) is 13.9. The van der Waals surface area contributed by atoms with E-state index in [1.807, 2.05) is 0 Å². The fraction of sp³-hybridized carbons (Fsp3) is 0.207. The van der Waals surface area contributed by atoms with Crippen LogP contribution in [0.4, 0.5) is 33.3 Å². The molecule has 2 atom stereocenters. The number of alkyl halides is 5. The maximum Gasteiger partial charge on any atom is 0.471 e. The number of nitrogens with one attached hydrogen (secondary N) is 1. The fourth-order valence-electron chi connectivity index (χ4n) is 4.37. The quantitative estimate of drug-likeness (QED) is 0.144. The van der Waals surface area contributed by atoms with Crippen molar-refractivity contribution < 1.29 is 46.2 Å². The van der Waals surface area contributed by atoms with Crippen molar-refractivity contribution in [1.29, 1.82) is 0 Å². The van der Waals surface area contributed by atoms with Crippen molar-refractivity contribution in [3.8, 4) is 11.1 Å². The number of hydrogen-bond acceptors (Lipinski definition) is 6. The van der Waals surface area contributed by atoms with Crippen LogP contribution in [0.5, 0.6) is 0 Å². The Balaban J connectivity index is 1.83. The second-order valence-corrected chi connectivity index (χ2v) is 11.0. The number of halogens is 6. The summed E-state index contributed by atoms with van der Waals surface area (Å²) in [5.74, 6) is -5.42. The molecule has 0 bridgehead atoms. The average molecular weight is 641 g/mol. The lowest BCUT2D eigenvalue weighted by molar-refractivity contribution is -0.167. The third-order valence-electron chi connectivity index (χ3n) is 6.28. The number of benzene rings is 3. The Kier molecular flexibility index (Phi) is 9.65. The van der Waals surface area contributed by atoms with Gasteiger partial charge in [-0.1, -0.05) is 42.1 Å². The summed E-state index contributed by atoms with van der Waals surface area (Å²) in [6.45, 7) is 0.766. The molecular formula is C29H22ClF5N2O5S. The van der Waals surface area contributed by atoms with Gasteiger partial charge in [-0.2, -0.15) is 13.2 Å². The first-order chi connectivity index (χ1) is 20.3. The molecule has 0 fully saturated rings. The average Bonchev–Trinajstić information content (AvgIpc) is 2.97. The van der Waals surface area contributed by atoms with E-state index in [0.717, 1.165) is 18.2 Å². The molecule has 3 aromatic rings. The van der Waals surface area contributed by atoms with E-state index >= 15 is 4.39 Å². The van der Waals surface area contributed by atoms with Gasteiger partial charge in [0.2, 0.25) is 0 Å². The van der Waals surface area contributed by atoms with Gasteiger partial charge in [0.1, 0.15) is 22.8 Å². The largest absolute Gasteiger partial charge is 0.478 e. The molecule has 14 heteroatoms. The number of carboxylic acids is 1. The molecule has 43 heavy (non-hydrogen) atoms. The maximum absolute atomic E-state index is 15.7. The van der Waals surface area contributed by atoms with Gasteiger partial charge in [0.05, 0.1) is 10.6 Å². The lowest BCUT2D eigenvalue weighted by Gasteiger charge is -2.37. The Bertz CT molecular complexity index is 1570. The van der Waals surface area contributed by atoms with Crippen LogP contribution in [0, 0.1) is 5.82 Å². The molecule has 226 valence electrons. The van der Waals surface area contributed by atoms with Crippen LogP contribution in [0.25, 0.3) is 11.1 Å². The Labute approximate surface area is 251 Å². The Hall–Kier alpha value is -4.10. The van der Waals surface area contributed by atoms with E-state index < -0.39 is 52.9 Å². The predicted octanol–water partition coefficient (Wildman–Crippen LogP) is 7.30. The number of carboxylic acid groups (broad SMARTS) is 1. The van der Waals surface area contributed by atoms with Gasteiger partial charge in [0.15, 0.2) is 6.10 Å². The molecule has 0 spiro atoms. The third-order valence-corrected chi connectivity index (χ3v) is 7.71. The van der Waals surface area contributed by atoms with Gasteiger partial charge in [-0.15, -0.1) is 11.6 Å². The van der Waals surface area contributed by atoms with Crippen molar-refractivity contribution in [3.05, 3.63) is 94.3 Å². The van der Waals surface area contributed by atoms with E-state index in [0.29, 0.717) is 11.8 Å². The summed E-state index contributed by atoms with van der Waals surface area (Å²) in [6.07, 6.45) is -6.71. The van der Waals surface area contributed by atoms with Crippen molar-refractivity contribution in [1.82, 2.24) is 0 Å². The van der Waals surface area contributed by atoms with Gasteiger partial charge in [0, 0.05) is 29.0 Å². The van der Waals surface area contributed by atoms with Gasteiger partial charge in [0.25, 0.3) is 0 Å². The number of rotatable bonds is 9. The number of amides is 1. The van der Waals surface area contributed by atoms with E-state index in [4.69, 9.17) is 16.3 Å². The van der Waals surface area contributed by atoms with Crippen LogP contribution < -0.4 is 10.2 Å². The van der Waals surface area contributed by atoms with Crippen LogP contribution in [0.1, 0.15) is 28.9 Å². The number of nitrogens with zero attached hydrogens (tertiary/aromatic N) is 1. The number of hydrogen-bond donors (Lipinski definition) is 2. The zero-order chi connectivity index (χ0) is 31.5. The van der Waals surface area contributed by atoms with Crippen molar-refractivity contribution in [3.63, 3.8) is 0 Å². The number of aliphatic carboxylic acids is 1. The van der Waals surface area contributed by atoms with Crippen LogP contribution in [0.15, 0.2) is 77.3 Å². The number of anilines is 2. The topological polar surface area (TPSA) is 95.9 Å². The molecule has 1 aliphatic heterocycles. The molecule has 1 aliphatic rings. The number of esters is 1. The second kappa shape index (κ2) is 13.0. The highest BCUT2D eigenvalue weighted by Gasteiger charge is 2.41. The summed E-state index contributed by atoms with van der Waals surface area (Å²) in [5.41, 5.74) is -0.117. The Morgan fingerprint density at radius 3 is 2.30 bits per heavy atom. The lowest BCUT2D eigenvalue weighted by Crippen LogP contribution is -2.34. The highest BCUT2D eigenvalue weighted by atomic mass is 35.5. The molecule has 1 amide bonds. The highest BCUT2D eigenvalue weighted by molar-refractivity contribution is 8.04. The second-order valence-electron chi connectivity index (χ2n) is 9.02. The zero-order valence-electron chi connectivity index (χ0n) is 22.1. The van der Waals surface area contributed by atoms with E-state index in [1.54, 1.807) is 30.4 Å². The van der Waals surface area contributed by atoms with Gasteiger partial charge in [-0.05, 0) is 48.9 Å². The van der Waals surface area contributed by atoms with E-state index in [2.05, 4.69) is 0 Å². The molecule has 0 radical (unpaired) electrons. The molecule has 0 aliphatic carbocycles. The van der Waals surface area contributed by atoms with Crippen LogP contribution in [0.3, 0.4) is 0 Å². The number of carbonyl (C=O) groups is 3. The van der Waals surface area contributed by atoms with Crippen LogP contribution in [0.2, 0.25) is 0 Å². The number of carbonyl (C=O) groups excluding carboxylic acids is 2. The summed E-state index contributed by atoms with van der Waals surface area (Å²) >= 11 is 6.76. The lowest BCUT2D eigenvalue weighted by atomic mass is 9.92.